The van der Waals surface area contributed by atoms with Gasteiger partial charge in [-0.25, -0.2) is 4.79 Å². The zero-order valence-electron chi connectivity index (χ0n) is 14.8. The molecule has 0 bridgehead atoms. The molecule has 0 radical (unpaired) electrons. The molecule has 2 aromatic rings. The maximum atomic E-state index is 12.5. The zero-order chi connectivity index (χ0) is 18.0. The number of carboxylic acids is 1. The van der Waals surface area contributed by atoms with E-state index in [0.29, 0.717) is 23.3 Å². The van der Waals surface area contributed by atoms with Gasteiger partial charge in [0, 0.05) is 29.6 Å². The largest absolute Gasteiger partial charge is 0.492 e. The van der Waals surface area contributed by atoms with Gasteiger partial charge >= 0.3 is 5.97 Å². The van der Waals surface area contributed by atoms with Gasteiger partial charge in [0.25, 0.3) is 0 Å². The normalized spacial score (nSPS) is 11.5. The summed E-state index contributed by atoms with van der Waals surface area (Å²) in [6, 6.07) is 5.11. The number of nitrogens with zero attached hydrogens (tertiary/aromatic N) is 2. The summed E-state index contributed by atoms with van der Waals surface area (Å²) >= 11 is 0. The first-order valence-electron chi connectivity index (χ1n) is 7.93. The summed E-state index contributed by atoms with van der Waals surface area (Å²) < 4.78 is 7.41. The van der Waals surface area contributed by atoms with E-state index in [0.717, 1.165) is 6.54 Å². The Morgan fingerprint density at radius 3 is 2.54 bits per heavy atom. The van der Waals surface area contributed by atoms with Gasteiger partial charge in [0.15, 0.2) is 5.43 Å². The molecule has 1 aromatic carbocycles. The molecule has 6 heteroatoms. The number of likely N-dealkylation sites (N-methyl/N-ethyl adjacent to an activating group) is 1. The number of fused-ring (bicyclic) bond motifs is 1. The van der Waals surface area contributed by atoms with E-state index in [2.05, 4.69) is 0 Å². The summed E-state index contributed by atoms with van der Waals surface area (Å²) in [4.78, 5) is 26.2. The minimum atomic E-state index is -1.10. The second kappa shape index (κ2) is 7.05. The summed E-state index contributed by atoms with van der Waals surface area (Å²) in [5.41, 5.74) is 0.623. The van der Waals surface area contributed by atoms with E-state index in [9.17, 15) is 14.7 Å². The van der Waals surface area contributed by atoms with Gasteiger partial charge < -0.3 is 19.3 Å². The maximum Gasteiger partial charge on any atom is 0.352 e. The van der Waals surface area contributed by atoms with Crippen molar-refractivity contribution in [1.29, 1.82) is 0 Å². The quantitative estimate of drug-likeness (QED) is 0.880. The van der Waals surface area contributed by atoms with Gasteiger partial charge in [-0.2, -0.15) is 0 Å². The number of ether oxygens (including phenoxy) is 1. The van der Waals surface area contributed by atoms with Crippen molar-refractivity contribution in [2.45, 2.75) is 26.8 Å². The summed E-state index contributed by atoms with van der Waals surface area (Å²) in [7, 11) is 3.92. The number of rotatable bonds is 6. The number of hydrogen-bond acceptors (Lipinski definition) is 4. The van der Waals surface area contributed by atoms with E-state index in [1.54, 1.807) is 29.7 Å². The lowest BCUT2D eigenvalue weighted by Gasteiger charge is -2.20. The molecule has 1 aromatic heterocycles. The standard InChI is InChI=1S/C18H24N2O4/c1-11(2)20-15-10-13(24-9-8-19(4)5)6-7-14(15)17(21)12(3)16(20)18(22)23/h6-7,10-11H,8-9H2,1-5H3,(H,22,23). The first kappa shape index (κ1) is 18.0. The highest BCUT2D eigenvalue weighted by Crippen LogP contribution is 2.25. The van der Waals surface area contributed by atoms with Crippen LogP contribution in [0, 0.1) is 6.92 Å². The van der Waals surface area contributed by atoms with E-state index in [-0.39, 0.29) is 22.7 Å². The maximum absolute atomic E-state index is 12.5. The Morgan fingerprint density at radius 1 is 1.33 bits per heavy atom. The third-order valence-corrected chi connectivity index (χ3v) is 3.94. The molecule has 0 unspecified atom stereocenters. The van der Waals surface area contributed by atoms with E-state index in [1.165, 1.54) is 0 Å². The average molecular weight is 332 g/mol. The fourth-order valence-electron chi connectivity index (χ4n) is 2.75. The Balaban J connectivity index is 2.65. The second-order valence-electron chi connectivity index (χ2n) is 6.40. The molecule has 2 rings (SSSR count). The Bertz CT molecular complexity index is 822. The monoisotopic (exact) mass is 332 g/mol. The van der Waals surface area contributed by atoms with E-state index in [4.69, 9.17) is 4.74 Å². The first-order chi connectivity index (χ1) is 11.2. The molecule has 1 N–H and O–H groups in total. The molecule has 0 fully saturated rings. The van der Waals surface area contributed by atoms with Gasteiger partial charge in [0.2, 0.25) is 0 Å². The molecule has 24 heavy (non-hydrogen) atoms. The topological polar surface area (TPSA) is 71.8 Å². The van der Waals surface area contributed by atoms with Gasteiger partial charge in [0.05, 0.1) is 5.52 Å². The SMILES string of the molecule is Cc1c(C(=O)O)n(C(C)C)c2cc(OCCN(C)C)ccc2c1=O. The molecule has 0 spiro atoms. The van der Waals surface area contributed by atoms with Crippen molar-refractivity contribution in [2.24, 2.45) is 0 Å². The first-order valence-corrected chi connectivity index (χ1v) is 7.93. The van der Waals surface area contributed by atoms with Crippen molar-refractivity contribution in [3.8, 4) is 5.75 Å². The molecule has 1 heterocycles. The molecular weight excluding hydrogens is 308 g/mol. The highest BCUT2D eigenvalue weighted by Gasteiger charge is 2.21. The lowest BCUT2D eigenvalue weighted by atomic mass is 10.1. The Labute approximate surface area is 141 Å². The smallest absolute Gasteiger partial charge is 0.352 e. The van der Waals surface area contributed by atoms with Crippen molar-refractivity contribution >= 4 is 16.9 Å². The predicted octanol–water partition coefficient (Wildman–Crippen LogP) is 2.53. The number of carbonyl (C=O) groups is 1. The molecule has 0 aliphatic carbocycles. The summed E-state index contributed by atoms with van der Waals surface area (Å²) in [5, 5.41) is 10.1. The Kier molecular flexibility index (Phi) is 5.29. The second-order valence-corrected chi connectivity index (χ2v) is 6.40. The van der Waals surface area contributed by atoms with Gasteiger partial charge in [-0.3, -0.25) is 4.79 Å². The van der Waals surface area contributed by atoms with Crippen molar-refractivity contribution in [2.75, 3.05) is 27.2 Å². The van der Waals surface area contributed by atoms with Crippen LogP contribution >= 0.6 is 0 Å². The summed E-state index contributed by atoms with van der Waals surface area (Å²) in [5.74, 6) is -0.475. The third kappa shape index (κ3) is 3.43. The van der Waals surface area contributed by atoms with E-state index >= 15 is 0 Å². The number of benzene rings is 1. The lowest BCUT2D eigenvalue weighted by molar-refractivity contribution is 0.0682. The molecule has 130 valence electrons. The lowest BCUT2D eigenvalue weighted by Crippen LogP contribution is -2.23. The molecule has 0 saturated carbocycles. The van der Waals surface area contributed by atoms with Crippen molar-refractivity contribution < 1.29 is 14.6 Å². The fraction of sp³-hybridized carbons (Fsp3) is 0.444. The van der Waals surface area contributed by atoms with Crippen LogP contribution in [0.5, 0.6) is 5.75 Å². The van der Waals surface area contributed by atoms with Crippen LogP contribution in [0.2, 0.25) is 0 Å². The van der Waals surface area contributed by atoms with Crippen LogP contribution in [0.15, 0.2) is 23.0 Å². The van der Waals surface area contributed by atoms with Crippen LogP contribution in [0.3, 0.4) is 0 Å². The van der Waals surface area contributed by atoms with Gasteiger partial charge in [-0.05, 0) is 47.0 Å². The minimum absolute atomic E-state index is 0.0351. The van der Waals surface area contributed by atoms with Crippen molar-refractivity contribution in [1.82, 2.24) is 9.47 Å². The summed E-state index contributed by atoms with van der Waals surface area (Å²) in [6.07, 6.45) is 0. The zero-order valence-corrected chi connectivity index (χ0v) is 14.8. The fourth-order valence-corrected chi connectivity index (χ4v) is 2.75. The highest BCUT2D eigenvalue weighted by atomic mass is 16.5. The van der Waals surface area contributed by atoms with E-state index in [1.807, 2.05) is 32.8 Å². The van der Waals surface area contributed by atoms with Crippen LogP contribution in [-0.4, -0.2) is 47.8 Å². The summed E-state index contributed by atoms with van der Waals surface area (Å²) in [6.45, 7) is 6.64. The van der Waals surface area contributed by atoms with Crippen LogP contribution in [0.25, 0.3) is 10.9 Å². The van der Waals surface area contributed by atoms with Crippen LogP contribution < -0.4 is 10.2 Å². The van der Waals surface area contributed by atoms with Crippen LogP contribution in [0.4, 0.5) is 0 Å². The van der Waals surface area contributed by atoms with Crippen molar-refractivity contribution in [3.63, 3.8) is 0 Å². The van der Waals surface area contributed by atoms with Crippen LogP contribution in [-0.2, 0) is 0 Å². The number of aromatic carboxylic acids is 1. The van der Waals surface area contributed by atoms with Crippen molar-refractivity contribution in [3.05, 3.63) is 39.7 Å². The predicted molar refractivity (Wildman–Crippen MR) is 94.3 cm³/mol. The Morgan fingerprint density at radius 2 is 2.00 bits per heavy atom. The number of pyridine rings is 1. The highest BCUT2D eigenvalue weighted by molar-refractivity contribution is 5.93. The molecule has 0 aliphatic heterocycles. The van der Waals surface area contributed by atoms with Gasteiger partial charge in [-0.1, -0.05) is 0 Å². The average Bonchev–Trinajstić information content (AvgIpc) is 2.49. The Hall–Kier alpha value is -2.34. The third-order valence-electron chi connectivity index (χ3n) is 3.94. The molecule has 6 nitrogen and oxygen atoms in total. The minimum Gasteiger partial charge on any atom is -0.492 e. The molecular formula is C18H24N2O4. The van der Waals surface area contributed by atoms with E-state index < -0.39 is 5.97 Å². The number of hydrogen-bond donors (Lipinski definition) is 1. The molecule has 0 saturated heterocycles. The molecule has 0 amide bonds. The number of carboxylic acid groups (broad SMARTS) is 1. The molecule has 0 atom stereocenters. The van der Waals surface area contributed by atoms with Crippen LogP contribution in [0.1, 0.15) is 35.9 Å². The van der Waals surface area contributed by atoms with Gasteiger partial charge in [-0.15, -0.1) is 0 Å². The molecule has 0 aliphatic rings. The van der Waals surface area contributed by atoms with Gasteiger partial charge in [0.1, 0.15) is 18.1 Å². The number of aromatic nitrogens is 1.